The van der Waals surface area contributed by atoms with Crippen LogP contribution in [0.2, 0.25) is 0 Å². The zero-order chi connectivity index (χ0) is 51.4. The number of carbonyl (C=O) groups is 3. The molecule has 408 valence electrons. The molecular weight excluding hydrogens is 877 g/mol. The van der Waals surface area contributed by atoms with Gasteiger partial charge in [0.2, 0.25) is 0 Å². The van der Waals surface area contributed by atoms with Crippen molar-refractivity contribution in [1.82, 2.24) is 0 Å². The monoisotopic (exact) mass is 989 g/mol. The average molecular weight is 990 g/mol. The molecule has 0 fully saturated rings. The molecule has 0 saturated carbocycles. The van der Waals surface area contributed by atoms with E-state index >= 15 is 0 Å². The number of hydrogen-bond acceptors (Lipinski definition) is 6. The Morgan fingerprint density at radius 2 is 0.606 bits per heavy atom. The van der Waals surface area contributed by atoms with Gasteiger partial charge in [-0.15, -0.1) is 0 Å². The minimum absolute atomic E-state index is 0.0876. The summed E-state index contributed by atoms with van der Waals surface area (Å²) in [5.74, 6) is -0.911. The van der Waals surface area contributed by atoms with Gasteiger partial charge in [-0.25, -0.2) is 0 Å². The van der Waals surface area contributed by atoms with Crippen LogP contribution in [0.4, 0.5) is 0 Å². The molecule has 0 spiro atoms. The number of esters is 3. The maximum atomic E-state index is 12.9. The van der Waals surface area contributed by atoms with Gasteiger partial charge in [0.15, 0.2) is 6.10 Å². The summed E-state index contributed by atoms with van der Waals surface area (Å²) in [6.45, 7) is 6.51. The Kier molecular flexibility index (Phi) is 56.3. The molecule has 0 aromatic heterocycles. The lowest BCUT2D eigenvalue weighted by Crippen LogP contribution is -2.30. The van der Waals surface area contributed by atoms with Crippen molar-refractivity contribution in [2.24, 2.45) is 0 Å². The SMILES string of the molecule is CC/C=C\C/C=C\C/C=C\C/C=C\CCCCCCCCC(=O)OCC(COC(=O)CCCCCCCCCCCCCCCCCC)OC(=O)CCCCCCC\C=C/C=C\C=C/CCCCCCC. The fourth-order valence-corrected chi connectivity index (χ4v) is 8.44. The summed E-state index contributed by atoms with van der Waals surface area (Å²) in [5.41, 5.74) is 0. The summed E-state index contributed by atoms with van der Waals surface area (Å²) in [6.07, 6.45) is 77.1. The van der Waals surface area contributed by atoms with Gasteiger partial charge in [-0.3, -0.25) is 14.4 Å². The Morgan fingerprint density at radius 1 is 0.310 bits per heavy atom. The molecule has 0 heterocycles. The lowest BCUT2D eigenvalue weighted by atomic mass is 10.0. The molecule has 0 aliphatic carbocycles. The highest BCUT2D eigenvalue weighted by Gasteiger charge is 2.19. The van der Waals surface area contributed by atoms with Gasteiger partial charge in [-0.05, 0) is 83.5 Å². The molecule has 0 aliphatic rings. The highest BCUT2D eigenvalue weighted by Crippen LogP contribution is 2.16. The maximum absolute atomic E-state index is 12.9. The summed E-state index contributed by atoms with van der Waals surface area (Å²) >= 11 is 0. The molecule has 0 aromatic rings. The van der Waals surface area contributed by atoms with E-state index in [4.69, 9.17) is 14.2 Å². The Morgan fingerprint density at radius 3 is 0.972 bits per heavy atom. The van der Waals surface area contributed by atoms with Gasteiger partial charge in [0.1, 0.15) is 13.2 Å². The molecule has 6 heteroatoms. The van der Waals surface area contributed by atoms with Gasteiger partial charge in [0.05, 0.1) is 0 Å². The molecule has 0 N–H and O–H groups in total. The molecule has 71 heavy (non-hydrogen) atoms. The Balaban J connectivity index is 4.44. The number of rotatable bonds is 54. The van der Waals surface area contributed by atoms with Crippen LogP contribution in [0.25, 0.3) is 0 Å². The third-order valence-corrected chi connectivity index (χ3v) is 12.9. The van der Waals surface area contributed by atoms with E-state index in [9.17, 15) is 14.4 Å². The third kappa shape index (κ3) is 57.4. The number of unbranched alkanes of at least 4 members (excludes halogenated alkanes) is 31. The topological polar surface area (TPSA) is 78.9 Å². The lowest BCUT2D eigenvalue weighted by Gasteiger charge is -2.18. The normalized spacial score (nSPS) is 12.7. The van der Waals surface area contributed by atoms with Crippen molar-refractivity contribution in [3.8, 4) is 0 Å². The van der Waals surface area contributed by atoms with Crippen LogP contribution >= 0.6 is 0 Å². The fourth-order valence-electron chi connectivity index (χ4n) is 8.44. The summed E-state index contributed by atoms with van der Waals surface area (Å²) in [7, 11) is 0. The summed E-state index contributed by atoms with van der Waals surface area (Å²) < 4.78 is 16.9. The van der Waals surface area contributed by atoms with E-state index < -0.39 is 6.10 Å². The van der Waals surface area contributed by atoms with E-state index in [0.717, 1.165) is 122 Å². The van der Waals surface area contributed by atoms with Gasteiger partial charge >= 0.3 is 17.9 Å². The largest absolute Gasteiger partial charge is 0.462 e. The highest BCUT2D eigenvalue weighted by molar-refractivity contribution is 5.71. The van der Waals surface area contributed by atoms with Gasteiger partial charge in [0, 0.05) is 19.3 Å². The fraction of sp³-hybridized carbons (Fsp3) is 0.738. The first-order valence-electron chi connectivity index (χ1n) is 30.1. The molecule has 6 nitrogen and oxygen atoms in total. The van der Waals surface area contributed by atoms with Crippen LogP contribution in [0.15, 0.2) is 85.1 Å². The number of allylic oxidation sites excluding steroid dienone is 14. The molecule has 0 aliphatic heterocycles. The first-order chi connectivity index (χ1) is 35.0. The lowest BCUT2D eigenvalue weighted by molar-refractivity contribution is -0.167. The van der Waals surface area contributed by atoms with Crippen molar-refractivity contribution in [2.45, 2.75) is 297 Å². The molecule has 0 bridgehead atoms. The predicted octanol–water partition coefficient (Wildman–Crippen LogP) is 20.3. The van der Waals surface area contributed by atoms with E-state index in [1.165, 1.54) is 128 Å². The zero-order valence-corrected chi connectivity index (χ0v) is 46.7. The summed E-state index contributed by atoms with van der Waals surface area (Å²) in [5, 5.41) is 0. The summed E-state index contributed by atoms with van der Waals surface area (Å²) in [4.78, 5) is 38.2. The molecule has 0 amide bonds. The molecule has 0 rings (SSSR count). The van der Waals surface area contributed by atoms with Crippen molar-refractivity contribution < 1.29 is 28.6 Å². The molecule has 1 unspecified atom stereocenters. The Bertz CT molecular complexity index is 1370. The highest BCUT2D eigenvalue weighted by atomic mass is 16.6. The van der Waals surface area contributed by atoms with E-state index in [1.54, 1.807) is 0 Å². The average Bonchev–Trinajstić information content (AvgIpc) is 3.37. The van der Waals surface area contributed by atoms with Crippen LogP contribution in [0, 0.1) is 0 Å². The van der Waals surface area contributed by atoms with Crippen molar-refractivity contribution in [1.29, 1.82) is 0 Å². The first-order valence-corrected chi connectivity index (χ1v) is 30.1. The number of hydrogen-bond donors (Lipinski definition) is 0. The van der Waals surface area contributed by atoms with Crippen LogP contribution in [0.5, 0.6) is 0 Å². The van der Waals surface area contributed by atoms with E-state index in [1.807, 2.05) is 0 Å². The zero-order valence-electron chi connectivity index (χ0n) is 46.7. The quantitative estimate of drug-likeness (QED) is 0.0199. The number of ether oxygens (including phenoxy) is 3. The summed E-state index contributed by atoms with van der Waals surface area (Å²) in [6, 6.07) is 0. The Hall–Kier alpha value is -3.41. The second-order valence-corrected chi connectivity index (χ2v) is 19.9. The second kappa shape index (κ2) is 59.2. The van der Waals surface area contributed by atoms with Crippen molar-refractivity contribution in [3.63, 3.8) is 0 Å². The molecule has 1 atom stereocenters. The first kappa shape index (κ1) is 67.6. The smallest absolute Gasteiger partial charge is 0.306 e. The minimum atomic E-state index is -0.793. The molecular formula is C65H112O6. The third-order valence-electron chi connectivity index (χ3n) is 12.9. The van der Waals surface area contributed by atoms with E-state index in [0.29, 0.717) is 19.3 Å². The van der Waals surface area contributed by atoms with Crippen molar-refractivity contribution in [3.05, 3.63) is 85.1 Å². The van der Waals surface area contributed by atoms with Crippen molar-refractivity contribution in [2.75, 3.05) is 13.2 Å². The molecule has 0 radical (unpaired) electrons. The van der Waals surface area contributed by atoms with Crippen LogP contribution in [-0.2, 0) is 28.6 Å². The van der Waals surface area contributed by atoms with Crippen LogP contribution in [0.1, 0.15) is 290 Å². The van der Waals surface area contributed by atoms with Crippen LogP contribution < -0.4 is 0 Å². The van der Waals surface area contributed by atoms with Crippen LogP contribution in [0.3, 0.4) is 0 Å². The predicted molar refractivity (Wildman–Crippen MR) is 307 cm³/mol. The molecule has 0 aromatic carbocycles. The van der Waals surface area contributed by atoms with Gasteiger partial charge in [-0.2, -0.15) is 0 Å². The molecule has 0 saturated heterocycles. The number of carbonyl (C=O) groups excluding carboxylic acids is 3. The van der Waals surface area contributed by atoms with E-state index in [-0.39, 0.29) is 31.1 Å². The van der Waals surface area contributed by atoms with Crippen molar-refractivity contribution >= 4 is 17.9 Å². The standard InChI is InChI=1S/C65H112O6/c1-4-7-10-13-16-19-22-25-28-31-33-35-37-40-43-46-49-52-55-58-64(67)70-61-62(60-69-63(66)57-54-51-48-45-42-39-36-30-27-24-21-18-15-12-9-6-3)71-65(68)59-56-53-50-47-44-41-38-34-32-29-26-23-20-17-14-11-8-5-2/h7,10,16,19,23,25-26,28-29,32-35,38,62H,4-6,8-9,11-15,17-18,20-22,24,27,30-31,36-37,39-61H2,1-3H3/b10-7-,19-16-,26-23-,28-25-,32-29-,35-33-,38-34-. The van der Waals surface area contributed by atoms with Gasteiger partial charge in [0.25, 0.3) is 0 Å². The minimum Gasteiger partial charge on any atom is -0.462 e. The maximum Gasteiger partial charge on any atom is 0.306 e. The Labute approximate surface area is 439 Å². The van der Waals surface area contributed by atoms with Gasteiger partial charge in [-0.1, -0.05) is 273 Å². The van der Waals surface area contributed by atoms with Crippen LogP contribution in [-0.4, -0.2) is 37.2 Å². The second-order valence-electron chi connectivity index (χ2n) is 19.9. The van der Waals surface area contributed by atoms with E-state index in [2.05, 4.69) is 106 Å². The van der Waals surface area contributed by atoms with Gasteiger partial charge < -0.3 is 14.2 Å².